The van der Waals surface area contributed by atoms with Gasteiger partial charge in [-0.05, 0) is 66.9 Å². The van der Waals surface area contributed by atoms with Crippen LogP contribution >= 0.6 is 0 Å². The van der Waals surface area contributed by atoms with E-state index in [9.17, 15) is 13.2 Å². The molecule has 0 aromatic heterocycles. The van der Waals surface area contributed by atoms with Gasteiger partial charge in [0, 0.05) is 0 Å². The van der Waals surface area contributed by atoms with E-state index < -0.39 is 21.8 Å². The molecule has 6 nitrogen and oxygen atoms in total. The van der Waals surface area contributed by atoms with E-state index in [0.29, 0.717) is 24.5 Å². The number of carbonyl (C=O) groups is 1. The zero-order valence-corrected chi connectivity index (χ0v) is 23.0. The number of sulfone groups is 1. The van der Waals surface area contributed by atoms with Crippen LogP contribution in [0.3, 0.4) is 0 Å². The predicted octanol–water partition coefficient (Wildman–Crippen LogP) is 6.86. The molecule has 2 N–H and O–H groups in total. The Hall–Kier alpha value is -3.32. The molecule has 0 saturated carbocycles. The lowest BCUT2D eigenvalue weighted by Gasteiger charge is -2.16. The Morgan fingerprint density at radius 2 is 1.26 bits per heavy atom. The first-order chi connectivity index (χ1) is 18.4. The van der Waals surface area contributed by atoms with Gasteiger partial charge in [-0.15, -0.1) is 0 Å². The summed E-state index contributed by atoms with van der Waals surface area (Å²) in [5.74, 6) is 0.488. The highest BCUT2D eigenvalue weighted by atomic mass is 32.2. The molecule has 7 heteroatoms. The van der Waals surface area contributed by atoms with Crippen LogP contribution in [0.15, 0.2) is 88.7 Å². The zero-order valence-electron chi connectivity index (χ0n) is 22.2. The van der Waals surface area contributed by atoms with Gasteiger partial charge >= 0.3 is 0 Å². The molecule has 0 saturated heterocycles. The van der Waals surface area contributed by atoms with Crippen LogP contribution in [0.25, 0.3) is 0 Å². The van der Waals surface area contributed by atoms with Crippen LogP contribution in [0.5, 0.6) is 11.5 Å². The van der Waals surface area contributed by atoms with Gasteiger partial charge < -0.3 is 15.2 Å². The van der Waals surface area contributed by atoms with E-state index in [-0.39, 0.29) is 9.79 Å². The number of rotatable bonds is 17. The molecule has 1 atom stereocenters. The molecule has 0 heterocycles. The molecule has 204 valence electrons. The summed E-state index contributed by atoms with van der Waals surface area (Å²) in [6, 6.07) is 22.2. The van der Waals surface area contributed by atoms with Crippen LogP contribution in [0.2, 0.25) is 0 Å². The maximum Gasteiger partial charge on any atom is 0.258 e. The van der Waals surface area contributed by atoms with E-state index in [1.807, 2.05) is 30.3 Å². The Labute approximate surface area is 227 Å². The Bertz CT molecular complexity index is 1210. The Morgan fingerprint density at radius 3 is 1.82 bits per heavy atom. The standard InChI is InChI=1S/C31H39NO5S/c1-2-3-4-5-6-7-8-12-15-30(31(32)33)37-27-18-22-29(23-19-27)38(34,35)28-20-16-26(17-21-28)36-24-25-13-10-9-11-14-25/h9-11,13-14,16-23,30H,2-8,12,15,24H2,1H3,(H2,32,33). The van der Waals surface area contributed by atoms with Crippen LogP contribution in [0.1, 0.15) is 70.3 Å². The topological polar surface area (TPSA) is 95.7 Å². The maximum atomic E-state index is 13.1. The summed E-state index contributed by atoms with van der Waals surface area (Å²) < 4.78 is 37.7. The van der Waals surface area contributed by atoms with Crippen molar-refractivity contribution in [1.82, 2.24) is 0 Å². The first kappa shape index (κ1) is 29.2. The lowest BCUT2D eigenvalue weighted by molar-refractivity contribution is -0.125. The molecule has 0 aliphatic heterocycles. The number of nitrogens with two attached hydrogens (primary N) is 1. The van der Waals surface area contributed by atoms with Gasteiger partial charge in [0.2, 0.25) is 9.84 Å². The van der Waals surface area contributed by atoms with E-state index >= 15 is 0 Å². The minimum absolute atomic E-state index is 0.140. The normalized spacial score (nSPS) is 12.1. The summed E-state index contributed by atoms with van der Waals surface area (Å²) in [6.45, 7) is 2.61. The first-order valence-electron chi connectivity index (χ1n) is 13.5. The molecule has 0 spiro atoms. The number of hydrogen-bond acceptors (Lipinski definition) is 5. The quantitative estimate of drug-likeness (QED) is 0.190. The van der Waals surface area contributed by atoms with Crippen molar-refractivity contribution in [1.29, 1.82) is 0 Å². The van der Waals surface area contributed by atoms with Crippen LogP contribution < -0.4 is 15.2 Å². The SMILES string of the molecule is CCCCCCCCCCC(Oc1ccc(S(=O)(=O)c2ccc(OCc3ccccc3)cc2)cc1)C(N)=O. The largest absolute Gasteiger partial charge is 0.489 e. The molecule has 38 heavy (non-hydrogen) atoms. The Balaban J connectivity index is 1.52. The van der Waals surface area contributed by atoms with Crippen molar-refractivity contribution in [2.75, 3.05) is 0 Å². The van der Waals surface area contributed by atoms with E-state index in [4.69, 9.17) is 15.2 Å². The van der Waals surface area contributed by atoms with Gasteiger partial charge in [0.05, 0.1) is 9.79 Å². The molecular weight excluding hydrogens is 498 g/mol. The van der Waals surface area contributed by atoms with Gasteiger partial charge in [-0.3, -0.25) is 4.79 Å². The Morgan fingerprint density at radius 1 is 0.737 bits per heavy atom. The zero-order chi connectivity index (χ0) is 27.2. The first-order valence-corrected chi connectivity index (χ1v) is 15.0. The van der Waals surface area contributed by atoms with Gasteiger partial charge in [-0.2, -0.15) is 0 Å². The molecule has 3 aromatic carbocycles. The number of ether oxygens (including phenoxy) is 2. The summed E-state index contributed by atoms with van der Waals surface area (Å²) in [6.07, 6.45) is 9.12. The molecule has 3 rings (SSSR count). The molecule has 1 amide bonds. The monoisotopic (exact) mass is 537 g/mol. The summed E-state index contributed by atoms with van der Waals surface area (Å²) in [5, 5.41) is 0. The fraction of sp³-hybridized carbons (Fsp3) is 0.387. The van der Waals surface area contributed by atoms with Gasteiger partial charge in [0.15, 0.2) is 6.10 Å². The molecule has 0 fully saturated rings. The minimum atomic E-state index is -3.72. The van der Waals surface area contributed by atoms with Gasteiger partial charge in [-0.1, -0.05) is 82.2 Å². The highest BCUT2D eigenvalue weighted by Crippen LogP contribution is 2.26. The van der Waals surface area contributed by atoms with Crippen molar-refractivity contribution >= 4 is 15.7 Å². The third-order valence-corrected chi connectivity index (χ3v) is 8.22. The van der Waals surface area contributed by atoms with Crippen molar-refractivity contribution in [3.63, 3.8) is 0 Å². The van der Waals surface area contributed by atoms with Crippen molar-refractivity contribution in [2.45, 2.75) is 87.2 Å². The molecule has 1 unspecified atom stereocenters. The Kier molecular flexibility index (Phi) is 11.7. The second-order valence-electron chi connectivity index (χ2n) is 9.49. The van der Waals surface area contributed by atoms with E-state index in [2.05, 4.69) is 6.92 Å². The van der Waals surface area contributed by atoms with Crippen molar-refractivity contribution < 1.29 is 22.7 Å². The number of primary amides is 1. The fourth-order valence-corrected chi connectivity index (χ4v) is 5.44. The number of hydrogen-bond donors (Lipinski definition) is 1. The fourth-order valence-electron chi connectivity index (χ4n) is 4.18. The molecule has 0 aliphatic rings. The summed E-state index contributed by atoms with van der Waals surface area (Å²) in [4.78, 5) is 12.2. The molecule has 0 aliphatic carbocycles. The van der Waals surface area contributed by atoms with Crippen LogP contribution in [-0.2, 0) is 21.2 Å². The van der Waals surface area contributed by atoms with Crippen molar-refractivity contribution in [3.8, 4) is 11.5 Å². The van der Waals surface area contributed by atoms with Gasteiger partial charge in [0.1, 0.15) is 18.1 Å². The number of amides is 1. The van der Waals surface area contributed by atoms with Gasteiger partial charge in [-0.25, -0.2) is 8.42 Å². The molecular formula is C31H39NO5S. The lowest BCUT2D eigenvalue weighted by atomic mass is 10.1. The summed E-state index contributed by atoms with van der Waals surface area (Å²) in [7, 11) is -3.72. The van der Waals surface area contributed by atoms with E-state index in [0.717, 1.165) is 24.8 Å². The maximum absolute atomic E-state index is 13.1. The smallest absolute Gasteiger partial charge is 0.258 e. The molecule has 0 radical (unpaired) electrons. The van der Waals surface area contributed by atoms with Crippen LogP contribution in [0, 0.1) is 0 Å². The summed E-state index contributed by atoms with van der Waals surface area (Å²) in [5.41, 5.74) is 6.58. The average Bonchev–Trinajstić information content (AvgIpc) is 2.93. The number of carbonyl (C=O) groups excluding carboxylic acids is 1. The third-order valence-electron chi connectivity index (χ3n) is 6.43. The molecule has 3 aromatic rings. The highest BCUT2D eigenvalue weighted by molar-refractivity contribution is 7.91. The third kappa shape index (κ3) is 9.21. The van der Waals surface area contributed by atoms with E-state index in [1.165, 1.54) is 56.4 Å². The van der Waals surface area contributed by atoms with Crippen LogP contribution in [0.4, 0.5) is 0 Å². The van der Waals surface area contributed by atoms with Crippen molar-refractivity contribution in [3.05, 3.63) is 84.4 Å². The van der Waals surface area contributed by atoms with Crippen molar-refractivity contribution in [2.24, 2.45) is 5.73 Å². The highest BCUT2D eigenvalue weighted by Gasteiger charge is 2.20. The average molecular weight is 538 g/mol. The summed E-state index contributed by atoms with van der Waals surface area (Å²) >= 11 is 0. The van der Waals surface area contributed by atoms with Gasteiger partial charge in [0.25, 0.3) is 5.91 Å². The van der Waals surface area contributed by atoms with E-state index in [1.54, 1.807) is 24.3 Å². The van der Waals surface area contributed by atoms with Crippen LogP contribution in [-0.4, -0.2) is 20.4 Å². The lowest BCUT2D eigenvalue weighted by Crippen LogP contribution is -2.33. The minimum Gasteiger partial charge on any atom is -0.489 e. The predicted molar refractivity (Wildman–Crippen MR) is 150 cm³/mol. The second-order valence-corrected chi connectivity index (χ2v) is 11.4. The number of benzene rings is 3. The molecule has 0 bridgehead atoms. The second kappa shape index (κ2) is 15.2. The number of unbranched alkanes of at least 4 members (excludes halogenated alkanes) is 7.